The smallest absolute Gasteiger partial charge is 0.240 e. The highest BCUT2D eigenvalue weighted by molar-refractivity contribution is 7.89. The molecule has 1 aromatic rings. The highest BCUT2D eigenvalue weighted by atomic mass is 35.5. The monoisotopic (exact) mass is 413 g/mol. The number of piperazine rings is 1. The maximum atomic E-state index is 12.2. The fraction of sp³-hybridized carbons (Fsp3) is 0.625. The van der Waals surface area contributed by atoms with Crippen LogP contribution in [0.2, 0.25) is 0 Å². The summed E-state index contributed by atoms with van der Waals surface area (Å²) >= 11 is 0. The third-order valence-corrected chi connectivity index (χ3v) is 5.14. The van der Waals surface area contributed by atoms with E-state index in [0.29, 0.717) is 12.3 Å². The summed E-state index contributed by atoms with van der Waals surface area (Å²) in [5, 5.41) is 3.30. The second-order valence-electron chi connectivity index (χ2n) is 5.98. The van der Waals surface area contributed by atoms with Crippen LogP contribution in [0.3, 0.4) is 0 Å². The molecule has 146 valence electrons. The molecule has 1 saturated heterocycles. The van der Waals surface area contributed by atoms with Crippen molar-refractivity contribution in [2.45, 2.75) is 31.3 Å². The van der Waals surface area contributed by atoms with Crippen molar-refractivity contribution in [3.63, 3.8) is 0 Å². The summed E-state index contributed by atoms with van der Waals surface area (Å²) in [4.78, 5) is 2.62. The minimum Gasteiger partial charge on any atom is -0.491 e. The summed E-state index contributed by atoms with van der Waals surface area (Å²) in [6.07, 6.45) is 0.883. The highest BCUT2D eigenvalue weighted by Crippen LogP contribution is 2.17. The molecule has 9 heteroatoms. The molecule has 1 fully saturated rings. The first-order valence-corrected chi connectivity index (χ1v) is 9.65. The van der Waals surface area contributed by atoms with E-state index in [-0.39, 0.29) is 35.8 Å². The zero-order valence-electron chi connectivity index (χ0n) is 14.7. The standard InChI is InChI=1S/C16H27N3O3S.2ClH/c1-14(2)22-15-4-6-16(7-5-15)23(20,21)18-8-3-11-19-12-9-17-10-13-19;;/h4-7,14,17-18H,3,8-13H2,1-2H3;2*1H. The molecular weight excluding hydrogens is 385 g/mol. The summed E-state index contributed by atoms with van der Waals surface area (Å²) < 4.78 is 32.7. The van der Waals surface area contributed by atoms with Gasteiger partial charge in [-0.05, 0) is 51.1 Å². The van der Waals surface area contributed by atoms with Crippen molar-refractivity contribution in [3.8, 4) is 5.75 Å². The molecule has 0 saturated carbocycles. The number of halogens is 2. The molecule has 0 aliphatic carbocycles. The molecule has 2 N–H and O–H groups in total. The Morgan fingerprint density at radius 3 is 2.32 bits per heavy atom. The van der Waals surface area contributed by atoms with Crippen molar-refractivity contribution in [1.29, 1.82) is 0 Å². The number of benzene rings is 1. The maximum absolute atomic E-state index is 12.2. The molecule has 0 spiro atoms. The van der Waals surface area contributed by atoms with Crippen LogP contribution in [0, 0.1) is 0 Å². The summed E-state index contributed by atoms with van der Waals surface area (Å²) in [6.45, 7) is 9.33. The van der Waals surface area contributed by atoms with Gasteiger partial charge in [0.15, 0.2) is 0 Å². The summed E-state index contributed by atoms with van der Waals surface area (Å²) in [7, 11) is -3.44. The molecule has 0 aromatic heterocycles. The van der Waals surface area contributed by atoms with Crippen molar-refractivity contribution >= 4 is 34.8 Å². The minimum atomic E-state index is -3.44. The van der Waals surface area contributed by atoms with Gasteiger partial charge in [0.2, 0.25) is 10.0 Å². The molecule has 0 unspecified atom stereocenters. The highest BCUT2D eigenvalue weighted by Gasteiger charge is 2.14. The Kier molecular flexibility index (Phi) is 11.7. The first kappa shape index (κ1) is 24.4. The van der Waals surface area contributed by atoms with Crippen LogP contribution in [0.4, 0.5) is 0 Å². The van der Waals surface area contributed by atoms with E-state index < -0.39 is 10.0 Å². The van der Waals surface area contributed by atoms with Crippen LogP contribution in [0.25, 0.3) is 0 Å². The van der Waals surface area contributed by atoms with Crippen LogP contribution in [-0.4, -0.2) is 58.7 Å². The predicted octanol–water partition coefficient (Wildman–Crippen LogP) is 1.89. The van der Waals surface area contributed by atoms with Gasteiger partial charge in [-0.2, -0.15) is 0 Å². The van der Waals surface area contributed by atoms with E-state index in [1.807, 2.05) is 13.8 Å². The molecule has 0 radical (unpaired) electrons. The number of nitrogens with zero attached hydrogens (tertiary/aromatic N) is 1. The van der Waals surface area contributed by atoms with Gasteiger partial charge in [0.1, 0.15) is 5.75 Å². The van der Waals surface area contributed by atoms with Gasteiger partial charge in [-0.1, -0.05) is 0 Å². The second-order valence-corrected chi connectivity index (χ2v) is 7.75. The Balaban J connectivity index is 0.00000288. The van der Waals surface area contributed by atoms with Crippen molar-refractivity contribution in [2.75, 3.05) is 39.3 Å². The average molecular weight is 414 g/mol. The molecule has 1 aromatic carbocycles. The number of hydrogen-bond donors (Lipinski definition) is 2. The predicted molar refractivity (Wildman–Crippen MR) is 106 cm³/mol. The Morgan fingerprint density at radius 1 is 1.16 bits per heavy atom. The topological polar surface area (TPSA) is 70.7 Å². The van der Waals surface area contributed by atoms with Gasteiger partial charge < -0.3 is 15.0 Å². The molecule has 25 heavy (non-hydrogen) atoms. The van der Waals surface area contributed by atoms with Crippen LogP contribution >= 0.6 is 24.8 Å². The van der Waals surface area contributed by atoms with Crippen LogP contribution in [0.1, 0.15) is 20.3 Å². The maximum Gasteiger partial charge on any atom is 0.240 e. The zero-order valence-corrected chi connectivity index (χ0v) is 17.2. The first-order chi connectivity index (χ1) is 11.0. The fourth-order valence-electron chi connectivity index (χ4n) is 2.50. The lowest BCUT2D eigenvalue weighted by Gasteiger charge is -2.27. The minimum absolute atomic E-state index is 0. The fourth-order valence-corrected chi connectivity index (χ4v) is 3.57. The van der Waals surface area contributed by atoms with Crippen molar-refractivity contribution in [3.05, 3.63) is 24.3 Å². The van der Waals surface area contributed by atoms with E-state index in [9.17, 15) is 8.42 Å². The summed E-state index contributed by atoms with van der Waals surface area (Å²) in [5.74, 6) is 0.678. The lowest BCUT2D eigenvalue weighted by molar-refractivity contribution is 0.239. The summed E-state index contributed by atoms with van der Waals surface area (Å²) in [6, 6.07) is 6.54. The van der Waals surface area contributed by atoms with E-state index in [1.54, 1.807) is 24.3 Å². The third-order valence-electron chi connectivity index (χ3n) is 3.66. The molecule has 0 atom stereocenters. The number of sulfonamides is 1. The molecule has 1 aliphatic heterocycles. The van der Waals surface area contributed by atoms with Gasteiger partial charge in [0, 0.05) is 32.7 Å². The first-order valence-electron chi connectivity index (χ1n) is 8.17. The van der Waals surface area contributed by atoms with Gasteiger partial charge in [-0.15, -0.1) is 24.8 Å². The number of ether oxygens (including phenoxy) is 1. The molecule has 1 aliphatic rings. The third kappa shape index (κ3) is 8.57. The molecular formula is C16H29Cl2N3O3S. The van der Waals surface area contributed by atoms with Crippen molar-refractivity contribution in [2.24, 2.45) is 0 Å². The normalized spacial score (nSPS) is 15.3. The number of hydrogen-bond acceptors (Lipinski definition) is 5. The Hall–Kier alpha value is -0.570. The van der Waals surface area contributed by atoms with E-state index in [1.165, 1.54) is 0 Å². The molecule has 0 bridgehead atoms. The van der Waals surface area contributed by atoms with E-state index >= 15 is 0 Å². The number of nitrogens with one attached hydrogen (secondary N) is 2. The summed E-state index contributed by atoms with van der Waals surface area (Å²) in [5.41, 5.74) is 0. The lowest BCUT2D eigenvalue weighted by atomic mass is 10.3. The molecule has 0 amide bonds. The second kappa shape index (κ2) is 11.9. The van der Waals surface area contributed by atoms with Gasteiger partial charge in [-0.25, -0.2) is 13.1 Å². The Bertz CT molecular complexity index is 577. The SMILES string of the molecule is CC(C)Oc1ccc(S(=O)(=O)NCCCN2CCNCC2)cc1.Cl.Cl. The Labute approximate surface area is 163 Å². The zero-order chi connectivity index (χ0) is 16.7. The largest absolute Gasteiger partial charge is 0.491 e. The number of rotatable bonds is 8. The van der Waals surface area contributed by atoms with Crippen molar-refractivity contribution in [1.82, 2.24) is 14.9 Å². The van der Waals surface area contributed by atoms with Gasteiger partial charge in [0.25, 0.3) is 0 Å². The Morgan fingerprint density at radius 2 is 1.76 bits per heavy atom. The van der Waals surface area contributed by atoms with E-state index in [4.69, 9.17) is 4.74 Å². The quantitative estimate of drug-likeness (QED) is 0.636. The van der Waals surface area contributed by atoms with Gasteiger partial charge in [0.05, 0.1) is 11.0 Å². The molecule has 2 rings (SSSR count). The van der Waals surface area contributed by atoms with Crippen LogP contribution in [-0.2, 0) is 10.0 Å². The lowest BCUT2D eigenvalue weighted by Crippen LogP contribution is -2.44. The van der Waals surface area contributed by atoms with Crippen LogP contribution in [0.5, 0.6) is 5.75 Å². The van der Waals surface area contributed by atoms with Crippen LogP contribution in [0.15, 0.2) is 29.2 Å². The average Bonchev–Trinajstić information content (AvgIpc) is 2.53. The van der Waals surface area contributed by atoms with Crippen molar-refractivity contribution < 1.29 is 13.2 Å². The molecule has 6 nitrogen and oxygen atoms in total. The van der Waals surface area contributed by atoms with E-state index in [2.05, 4.69) is 14.9 Å². The molecule has 1 heterocycles. The van der Waals surface area contributed by atoms with Crippen LogP contribution < -0.4 is 14.8 Å². The van der Waals surface area contributed by atoms with Gasteiger partial charge in [-0.3, -0.25) is 0 Å². The van der Waals surface area contributed by atoms with E-state index in [0.717, 1.165) is 39.1 Å². The van der Waals surface area contributed by atoms with Gasteiger partial charge >= 0.3 is 0 Å².